The molecule has 89 heavy (non-hydrogen) atoms. The van der Waals surface area contributed by atoms with E-state index in [-0.39, 0.29) is 131 Å². The molecule has 8 heterocycles. The molecule has 0 spiro atoms. The van der Waals surface area contributed by atoms with Crippen molar-refractivity contribution in [2.45, 2.75) is 39.1 Å². The number of fused-ring (bicyclic) bond motifs is 2. The average molecular weight is 1210 g/mol. The first kappa shape index (κ1) is 58.3. The number of halogens is 6. The highest BCUT2D eigenvalue weighted by Crippen LogP contribution is 2.32. The zero-order valence-electron chi connectivity index (χ0n) is 46.9. The maximum atomic E-state index is 16.1. The van der Waals surface area contributed by atoms with E-state index in [1.807, 2.05) is 0 Å². The first-order valence-corrected chi connectivity index (χ1v) is 27.2. The van der Waals surface area contributed by atoms with Gasteiger partial charge in [-0.2, -0.15) is 0 Å². The van der Waals surface area contributed by atoms with Crippen LogP contribution in [0.25, 0.3) is 56.2 Å². The van der Waals surface area contributed by atoms with Crippen LogP contribution in [0.2, 0.25) is 0 Å². The van der Waals surface area contributed by atoms with E-state index in [0.29, 0.717) is 22.8 Å². The summed E-state index contributed by atoms with van der Waals surface area (Å²) in [6.07, 6.45) is 8.85. The first-order valence-electron chi connectivity index (χ1n) is 27.2. The smallest absolute Gasteiger partial charge is 0.346 e. The maximum absolute atomic E-state index is 16.1. The summed E-state index contributed by atoms with van der Waals surface area (Å²) in [7, 11) is 2.83. The van der Waals surface area contributed by atoms with Crippen molar-refractivity contribution in [2.75, 3.05) is 27.4 Å². The number of hydrogen-bond donors (Lipinski definition) is 0. The lowest BCUT2D eigenvalue weighted by molar-refractivity contribution is 0.0397. The lowest BCUT2D eigenvalue weighted by Gasteiger charge is -2.12. The van der Waals surface area contributed by atoms with Gasteiger partial charge in [-0.15, -0.1) is 10.2 Å². The van der Waals surface area contributed by atoms with Gasteiger partial charge in [0.05, 0.1) is 71.5 Å². The van der Waals surface area contributed by atoms with Crippen molar-refractivity contribution in [1.82, 2.24) is 69.0 Å². The van der Waals surface area contributed by atoms with E-state index in [4.69, 9.17) is 23.7 Å². The van der Waals surface area contributed by atoms with Gasteiger partial charge in [0, 0.05) is 86.9 Å². The second-order valence-corrected chi connectivity index (χ2v) is 19.9. The van der Waals surface area contributed by atoms with Gasteiger partial charge in [0.2, 0.25) is 11.8 Å². The second-order valence-electron chi connectivity index (χ2n) is 19.9. The Kier molecular flexibility index (Phi) is 16.7. The zero-order chi connectivity index (χ0) is 61.7. The van der Waals surface area contributed by atoms with Gasteiger partial charge in [0.1, 0.15) is 59.2 Å². The average Bonchev–Trinajstić information content (AvgIpc) is 1.86. The SMILES string of the molecule is COCCn1c(Cc2cc(F)c(-c3cccc(OCc4ccc(-n5ccnn5)nc4)n3)cc2F)nc2c(F)cc(C(=O)OC(=O)c3cc(F)c4nc(Cc5cc(F)c(-c6cccc(OCc7ccc(-n8ccnn8)nc7)n6)cc5F)n(CCOC)c4c3)cc21. The first-order chi connectivity index (χ1) is 43.3. The van der Waals surface area contributed by atoms with Crippen LogP contribution >= 0.6 is 0 Å². The summed E-state index contributed by atoms with van der Waals surface area (Å²) < 4.78 is 130. The van der Waals surface area contributed by atoms with Crippen molar-refractivity contribution < 1.29 is 59.6 Å². The Hall–Kier alpha value is -11.1. The molecular formula is C62H46F6N14O7. The highest BCUT2D eigenvalue weighted by molar-refractivity contribution is 6.05. The number of imidazole rings is 2. The molecule has 27 heteroatoms. The largest absolute Gasteiger partial charge is 0.473 e. The van der Waals surface area contributed by atoms with E-state index < -0.39 is 58.0 Å². The second kappa shape index (κ2) is 25.5. The molecule has 0 saturated carbocycles. The number of carbonyl (C=O) groups excluding carboxylic acids is 2. The predicted molar refractivity (Wildman–Crippen MR) is 305 cm³/mol. The highest BCUT2D eigenvalue weighted by atomic mass is 19.1. The van der Waals surface area contributed by atoms with Crippen molar-refractivity contribution in [3.05, 3.63) is 226 Å². The molecule has 0 amide bonds. The van der Waals surface area contributed by atoms with Crippen LogP contribution < -0.4 is 9.47 Å². The normalized spacial score (nSPS) is 11.5. The van der Waals surface area contributed by atoms with Crippen molar-refractivity contribution in [1.29, 1.82) is 0 Å². The van der Waals surface area contributed by atoms with E-state index in [0.717, 1.165) is 36.4 Å². The molecule has 0 fully saturated rings. The van der Waals surface area contributed by atoms with Crippen LogP contribution in [-0.4, -0.2) is 108 Å². The summed E-state index contributed by atoms with van der Waals surface area (Å²) in [5, 5.41) is 15.4. The standard InChI is InChI=1S/C62H46F6N14O7/c1-85-19-17-79-51-25-39(23-47(67)59(51)75-55(79)27-37-21-45(65)41(29-43(37)63)49-5-3-7-57(73-49)87-33-35-9-11-53(69-31-35)81-15-13-71-77-81)61(83)89-62(84)40-24-48(68)60-52(26-40)80(18-20-86-2)56(76-60)28-38-22-46(66)42(30-44(38)64)50-6-4-8-58(74-50)88-34-36-10-12-54(70-32-36)82-16-14-72-78-82/h3-16,21-26,29-32H,17-20,27-28,33-34H2,1-2H3. The quantitative estimate of drug-likeness (QED) is 0.0349. The topological polar surface area (TPSA) is 229 Å². The van der Waals surface area contributed by atoms with E-state index in [9.17, 15) is 9.59 Å². The maximum Gasteiger partial charge on any atom is 0.346 e. The Labute approximate surface area is 499 Å². The van der Waals surface area contributed by atoms with E-state index in [2.05, 4.69) is 50.5 Å². The van der Waals surface area contributed by atoms with Crippen LogP contribution in [0.15, 0.2) is 146 Å². The molecule has 8 aromatic heterocycles. The van der Waals surface area contributed by atoms with Gasteiger partial charge in [-0.1, -0.05) is 34.7 Å². The van der Waals surface area contributed by atoms with E-state index >= 15 is 26.3 Å². The number of carbonyl (C=O) groups is 2. The third kappa shape index (κ3) is 12.6. The fourth-order valence-corrected chi connectivity index (χ4v) is 9.75. The Morgan fingerprint density at radius 2 is 0.944 bits per heavy atom. The van der Waals surface area contributed by atoms with Gasteiger partial charge < -0.3 is 32.8 Å². The molecule has 12 rings (SSSR count). The van der Waals surface area contributed by atoms with E-state index in [1.54, 1.807) is 73.3 Å². The number of methoxy groups -OCH3 is 2. The number of rotatable bonds is 22. The van der Waals surface area contributed by atoms with Gasteiger partial charge >= 0.3 is 11.9 Å². The van der Waals surface area contributed by atoms with Crippen LogP contribution in [0.5, 0.6) is 11.8 Å². The molecule has 0 bridgehead atoms. The lowest BCUT2D eigenvalue weighted by Crippen LogP contribution is -2.14. The Bertz CT molecular complexity index is 4300. The van der Waals surface area contributed by atoms with Gasteiger partial charge in [-0.25, -0.2) is 75.2 Å². The molecule has 0 saturated heterocycles. The molecular weight excluding hydrogens is 1170 g/mol. The van der Waals surface area contributed by atoms with Crippen molar-refractivity contribution in [3.63, 3.8) is 0 Å². The summed E-state index contributed by atoms with van der Waals surface area (Å²) >= 11 is 0. The third-order valence-corrected chi connectivity index (χ3v) is 14.1. The molecule has 0 N–H and O–H groups in total. The minimum atomic E-state index is -1.33. The van der Waals surface area contributed by atoms with Gasteiger partial charge in [0.25, 0.3) is 0 Å². The monoisotopic (exact) mass is 1210 g/mol. The highest BCUT2D eigenvalue weighted by Gasteiger charge is 2.26. The van der Waals surface area contributed by atoms with Crippen LogP contribution in [0.1, 0.15) is 54.6 Å². The summed E-state index contributed by atoms with van der Waals surface area (Å²) in [6, 6.07) is 24.2. The fourth-order valence-electron chi connectivity index (χ4n) is 9.75. The molecule has 4 aromatic carbocycles. The lowest BCUT2D eigenvalue weighted by atomic mass is 10.0. The zero-order valence-corrected chi connectivity index (χ0v) is 46.9. The molecule has 0 radical (unpaired) electrons. The number of ether oxygens (including phenoxy) is 5. The van der Waals surface area contributed by atoms with Crippen LogP contribution in [0.4, 0.5) is 26.3 Å². The Morgan fingerprint density at radius 1 is 0.494 bits per heavy atom. The van der Waals surface area contributed by atoms with Gasteiger partial charge in [0.15, 0.2) is 23.3 Å². The van der Waals surface area contributed by atoms with Crippen molar-refractivity contribution >= 4 is 34.0 Å². The van der Waals surface area contributed by atoms with E-state index in [1.165, 1.54) is 69.4 Å². The van der Waals surface area contributed by atoms with Crippen LogP contribution in [0, 0.1) is 34.9 Å². The number of esters is 2. The summed E-state index contributed by atoms with van der Waals surface area (Å²) in [6.45, 7) is 0.246. The molecule has 12 aromatic rings. The molecule has 0 atom stereocenters. The number of hydrogen-bond acceptors (Lipinski definition) is 17. The summed E-state index contributed by atoms with van der Waals surface area (Å²) in [4.78, 5) is 53.8. The summed E-state index contributed by atoms with van der Waals surface area (Å²) in [5.41, 5.74) is -0.347. The molecule has 448 valence electrons. The number of benzene rings is 4. The summed E-state index contributed by atoms with van der Waals surface area (Å²) in [5.74, 6) is -6.48. The number of aromatic nitrogens is 14. The number of pyridine rings is 4. The van der Waals surface area contributed by atoms with Gasteiger partial charge in [-0.3, -0.25) is 0 Å². The van der Waals surface area contributed by atoms with Crippen molar-refractivity contribution in [3.8, 4) is 45.9 Å². The van der Waals surface area contributed by atoms with Crippen LogP contribution in [-0.2, 0) is 53.4 Å². The van der Waals surface area contributed by atoms with Gasteiger partial charge in [-0.05, 0) is 83.9 Å². The Morgan fingerprint density at radius 3 is 1.34 bits per heavy atom. The Balaban J connectivity index is 0.738. The third-order valence-electron chi connectivity index (χ3n) is 14.1. The fraction of sp³-hybridized carbons (Fsp3) is 0.161. The molecule has 21 nitrogen and oxygen atoms in total. The predicted octanol–water partition coefficient (Wildman–Crippen LogP) is 9.93. The molecule has 0 unspecified atom stereocenters. The van der Waals surface area contributed by atoms with Crippen LogP contribution in [0.3, 0.4) is 0 Å². The molecule has 0 aliphatic carbocycles. The number of nitrogens with zero attached hydrogens (tertiary/aromatic N) is 14. The molecule has 0 aliphatic rings. The molecule has 0 aliphatic heterocycles. The minimum Gasteiger partial charge on any atom is -0.473 e. The van der Waals surface area contributed by atoms with Crippen molar-refractivity contribution in [2.24, 2.45) is 0 Å². The minimum absolute atomic E-state index is 0.0103.